The van der Waals surface area contributed by atoms with Gasteiger partial charge in [0, 0.05) is 10.9 Å². The van der Waals surface area contributed by atoms with Gasteiger partial charge < -0.3 is 0 Å². The van der Waals surface area contributed by atoms with Crippen LogP contribution in [0.1, 0.15) is 15.9 Å². The molecule has 0 amide bonds. The zero-order chi connectivity index (χ0) is 15.6. The van der Waals surface area contributed by atoms with Gasteiger partial charge in [-0.1, -0.05) is 28.1 Å². The maximum Gasteiger partial charge on any atom is 0.308 e. The van der Waals surface area contributed by atoms with Crippen molar-refractivity contribution < 1.29 is 18.5 Å². The van der Waals surface area contributed by atoms with Crippen LogP contribution in [0.25, 0.3) is 0 Å². The van der Waals surface area contributed by atoms with E-state index in [1.165, 1.54) is 0 Å². The first kappa shape index (κ1) is 15.2. The average molecular weight is 356 g/mol. The van der Waals surface area contributed by atoms with Crippen LogP contribution in [-0.2, 0) is 6.42 Å². The Hall–Kier alpha value is -2.15. The third-order valence-electron chi connectivity index (χ3n) is 2.79. The summed E-state index contributed by atoms with van der Waals surface area (Å²) in [5, 5.41) is 10.6. The number of nitro benzene ring substituents is 1. The Morgan fingerprint density at radius 1 is 1.19 bits per heavy atom. The van der Waals surface area contributed by atoms with Gasteiger partial charge >= 0.3 is 5.69 Å². The first-order chi connectivity index (χ1) is 9.88. The van der Waals surface area contributed by atoms with Crippen LogP contribution in [0.15, 0.2) is 40.9 Å². The van der Waals surface area contributed by atoms with Gasteiger partial charge in [-0.15, -0.1) is 0 Å². The highest BCUT2D eigenvalue weighted by Gasteiger charge is 2.24. The molecule has 0 aromatic heterocycles. The van der Waals surface area contributed by atoms with Gasteiger partial charge in [-0.25, -0.2) is 4.39 Å². The minimum absolute atomic E-state index is 0.176. The first-order valence-corrected chi connectivity index (χ1v) is 6.59. The Morgan fingerprint density at radius 3 is 2.38 bits per heavy atom. The third-order valence-corrected chi connectivity index (χ3v) is 3.32. The molecule has 2 aromatic rings. The molecule has 0 unspecified atom stereocenters. The second-order valence-electron chi connectivity index (χ2n) is 4.27. The number of nitro groups is 1. The summed E-state index contributed by atoms with van der Waals surface area (Å²) < 4.78 is 28.0. The molecule has 0 bridgehead atoms. The summed E-state index contributed by atoms with van der Waals surface area (Å²) in [7, 11) is 0. The maximum atomic E-state index is 13.9. The van der Waals surface area contributed by atoms with Crippen molar-refractivity contribution in [3.8, 4) is 0 Å². The smallest absolute Gasteiger partial charge is 0.294 e. The van der Waals surface area contributed by atoms with Gasteiger partial charge in [0.15, 0.2) is 5.78 Å². The minimum Gasteiger partial charge on any atom is -0.294 e. The van der Waals surface area contributed by atoms with E-state index >= 15 is 0 Å². The van der Waals surface area contributed by atoms with E-state index in [2.05, 4.69) is 15.9 Å². The quantitative estimate of drug-likeness (QED) is 0.472. The molecule has 2 rings (SSSR count). The number of hydrogen-bond acceptors (Lipinski definition) is 3. The van der Waals surface area contributed by atoms with Gasteiger partial charge in [-0.3, -0.25) is 14.9 Å². The standard InChI is InChI=1S/C14H8BrF2NO3/c15-9-3-1-8(2-4-9)5-13(19)11-6-10(16)7-12(14(11)17)18(20)21/h1-4,6-7H,5H2. The minimum atomic E-state index is -1.32. The lowest BCUT2D eigenvalue weighted by Crippen LogP contribution is -2.09. The second-order valence-corrected chi connectivity index (χ2v) is 5.19. The lowest BCUT2D eigenvalue weighted by atomic mass is 10.0. The number of halogens is 3. The molecule has 7 heteroatoms. The summed E-state index contributed by atoms with van der Waals surface area (Å²) in [6, 6.07) is 7.82. The van der Waals surface area contributed by atoms with E-state index in [-0.39, 0.29) is 6.42 Å². The summed E-state index contributed by atoms with van der Waals surface area (Å²) >= 11 is 3.23. The molecule has 0 aliphatic heterocycles. The van der Waals surface area contributed by atoms with Gasteiger partial charge in [0.25, 0.3) is 0 Å². The zero-order valence-corrected chi connectivity index (χ0v) is 12.1. The van der Waals surface area contributed by atoms with Crippen LogP contribution >= 0.6 is 15.9 Å². The number of benzene rings is 2. The number of carbonyl (C=O) groups is 1. The Kier molecular flexibility index (Phi) is 4.42. The average Bonchev–Trinajstić information content (AvgIpc) is 2.43. The van der Waals surface area contributed by atoms with Crippen LogP contribution in [-0.4, -0.2) is 10.7 Å². The van der Waals surface area contributed by atoms with Crippen molar-refractivity contribution in [1.82, 2.24) is 0 Å². The van der Waals surface area contributed by atoms with Gasteiger partial charge in [-0.05, 0) is 23.8 Å². The van der Waals surface area contributed by atoms with Crippen molar-refractivity contribution in [2.45, 2.75) is 6.42 Å². The highest BCUT2D eigenvalue weighted by atomic mass is 79.9. The molecule has 108 valence electrons. The van der Waals surface area contributed by atoms with E-state index in [1.807, 2.05) is 0 Å². The number of nitrogens with zero attached hydrogens (tertiary/aromatic N) is 1. The van der Waals surface area contributed by atoms with Crippen LogP contribution in [0.2, 0.25) is 0 Å². The molecule has 2 aromatic carbocycles. The van der Waals surface area contributed by atoms with Gasteiger partial charge in [-0.2, -0.15) is 4.39 Å². The van der Waals surface area contributed by atoms with Gasteiger partial charge in [0.2, 0.25) is 5.82 Å². The Labute approximate surface area is 126 Å². The molecule has 0 saturated carbocycles. The van der Waals surface area contributed by atoms with Crippen molar-refractivity contribution in [3.63, 3.8) is 0 Å². The molecular weight excluding hydrogens is 348 g/mol. The van der Waals surface area contributed by atoms with E-state index in [0.717, 1.165) is 4.47 Å². The Bertz CT molecular complexity index is 717. The number of ketones is 1. The fourth-order valence-corrected chi connectivity index (χ4v) is 2.06. The van der Waals surface area contributed by atoms with E-state index in [9.17, 15) is 23.7 Å². The van der Waals surface area contributed by atoms with Crippen molar-refractivity contribution in [1.29, 1.82) is 0 Å². The predicted octanol–water partition coefficient (Wildman–Crippen LogP) is 4.06. The largest absolute Gasteiger partial charge is 0.308 e. The molecule has 21 heavy (non-hydrogen) atoms. The van der Waals surface area contributed by atoms with E-state index in [0.29, 0.717) is 17.7 Å². The Morgan fingerprint density at radius 2 is 1.81 bits per heavy atom. The number of rotatable bonds is 4. The highest BCUT2D eigenvalue weighted by molar-refractivity contribution is 9.10. The van der Waals surface area contributed by atoms with E-state index < -0.39 is 33.6 Å². The predicted molar refractivity (Wildman–Crippen MR) is 75.2 cm³/mol. The Balaban J connectivity index is 2.35. The molecule has 4 nitrogen and oxygen atoms in total. The monoisotopic (exact) mass is 355 g/mol. The molecule has 0 radical (unpaired) electrons. The fraction of sp³-hybridized carbons (Fsp3) is 0.0714. The topological polar surface area (TPSA) is 60.2 Å². The van der Waals surface area contributed by atoms with Crippen LogP contribution in [0.4, 0.5) is 14.5 Å². The maximum absolute atomic E-state index is 13.9. The molecular formula is C14H8BrF2NO3. The van der Waals surface area contributed by atoms with Crippen molar-refractivity contribution in [3.05, 3.63) is 73.7 Å². The van der Waals surface area contributed by atoms with Crippen molar-refractivity contribution in [2.24, 2.45) is 0 Å². The second kappa shape index (κ2) is 6.09. The molecule has 0 N–H and O–H groups in total. The van der Waals surface area contributed by atoms with Crippen LogP contribution in [0, 0.1) is 21.7 Å². The highest BCUT2D eigenvalue weighted by Crippen LogP contribution is 2.24. The van der Waals surface area contributed by atoms with E-state index in [4.69, 9.17) is 0 Å². The number of Topliss-reactive ketones (excluding diaryl/α,β-unsaturated/α-hetero) is 1. The third kappa shape index (κ3) is 3.49. The molecule has 0 saturated heterocycles. The van der Waals surface area contributed by atoms with Gasteiger partial charge in [0.1, 0.15) is 5.82 Å². The first-order valence-electron chi connectivity index (χ1n) is 5.79. The molecule has 0 atom stereocenters. The van der Waals surface area contributed by atoms with Gasteiger partial charge in [0.05, 0.1) is 16.6 Å². The molecule has 0 fully saturated rings. The SMILES string of the molecule is O=C(Cc1ccc(Br)cc1)c1cc(F)cc([N+](=O)[O-])c1F. The molecule has 0 heterocycles. The lowest BCUT2D eigenvalue weighted by Gasteiger charge is -2.04. The normalized spacial score (nSPS) is 10.4. The fourth-order valence-electron chi connectivity index (χ4n) is 1.79. The lowest BCUT2D eigenvalue weighted by molar-refractivity contribution is -0.387. The molecule has 0 aliphatic rings. The zero-order valence-electron chi connectivity index (χ0n) is 10.5. The summed E-state index contributed by atoms with van der Waals surface area (Å²) in [4.78, 5) is 21.6. The van der Waals surface area contributed by atoms with Crippen LogP contribution < -0.4 is 0 Å². The summed E-state index contributed by atoms with van der Waals surface area (Å²) in [5.74, 6) is -3.07. The number of carbonyl (C=O) groups excluding carboxylic acids is 1. The summed E-state index contributed by atoms with van der Waals surface area (Å²) in [6.45, 7) is 0. The van der Waals surface area contributed by atoms with Crippen molar-refractivity contribution in [2.75, 3.05) is 0 Å². The molecule has 0 spiro atoms. The van der Waals surface area contributed by atoms with E-state index in [1.54, 1.807) is 24.3 Å². The molecule has 0 aliphatic carbocycles. The summed E-state index contributed by atoms with van der Waals surface area (Å²) in [6.07, 6.45) is -0.176. The van der Waals surface area contributed by atoms with Crippen LogP contribution in [0.5, 0.6) is 0 Å². The van der Waals surface area contributed by atoms with Crippen LogP contribution in [0.3, 0.4) is 0 Å². The number of hydrogen-bond donors (Lipinski definition) is 0. The summed E-state index contributed by atoms with van der Waals surface area (Å²) in [5.41, 5.74) is -1.08. The van der Waals surface area contributed by atoms with Crippen molar-refractivity contribution >= 4 is 27.4 Å².